The highest BCUT2D eigenvalue weighted by molar-refractivity contribution is 9.12. The predicted octanol–water partition coefficient (Wildman–Crippen LogP) is 4.01. The Morgan fingerprint density at radius 3 is 1.27 bits per heavy atom. The smallest absolute Gasteiger partial charge is 0.126 e. The second-order valence-corrected chi connectivity index (χ2v) is 6.89. The van der Waals surface area contributed by atoms with Gasteiger partial charge in [-0.3, -0.25) is 0 Å². The van der Waals surface area contributed by atoms with E-state index in [4.69, 9.17) is 4.74 Å². The molecule has 11 heavy (non-hydrogen) atoms. The van der Waals surface area contributed by atoms with Crippen LogP contribution in [0.2, 0.25) is 0 Å². The molecule has 0 saturated heterocycles. The molecule has 0 aliphatic heterocycles. The van der Waals surface area contributed by atoms with Gasteiger partial charge in [0.2, 0.25) is 0 Å². The first-order valence-electron chi connectivity index (χ1n) is 3.17. The summed E-state index contributed by atoms with van der Waals surface area (Å²) in [7, 11) is 0. The van der Waals surface area contributed by atoms with Crippen LogP contribution in [0.1, 0.15) is 13.8 Å². The summed E-state index contributed by atoms with van der Waals surface area (Å²) in [4.78, 5) is 0.600. The van der Waals surface area contributed by atoms with Crippen LogP contribution in [0, 0.1) is 0 Å². The molecule has 0 bridgehead atoms. The van der Waals surface area contributed by atoms with E-state index in [0.717, 1.165) is 0 Å². The number of hydrogen-bond acceptors (Lipinski definition) is 1. The Kier molecular flexibility index (Phi) is 7.44. The average molecular weight is 418 g/mol. The summed E-state index contributed by atoms with van der Waals surface area (Å²) in [5.41, 5.74) is 0. The number of rotatable bonds is 4. The van der Waals surface area contributed by atoms with Gasteiger partial charge in [0, 0.05) is 9.65 Å². The molecule has 5 heteroatoms. The van der Waals surface area contributed by atoms with E-state index in [1.165, 1.54) is 0 Å². The van der Waals surface area contributed by atoms with Crippen LogP contribution in [0.25, 0.3) is 0 Å². The van der Waals surface area contributed by atoms with Gasteiger partial charge in [0.15, 0.2) is 0 Å². The number of alkyl halides is 4. The zero-order valence-electron chi connectivity index (χ0n) is 6.23. The van der Waals surface area contributed by atoms with Gasteiger partial charge in [-0.1, -0.05) is 63.7 Å². The Labute approximate surface area is 101 Å². The molecule has 0 fully saturated rings. The molecule has 0 aliphatic carbocycles. The Balaban J connectivity index is 3.66. The van der Waals surface area contributed by atoms with E-state index >= 15 is 0 Å². The van der Waals surface area contributed by atoms with Gasteiger partial charge in [-0.05, 0) is 13.8 Å². The molecule has 0 radical (unpaired) electrons. The molecule has 0 aromatic carbocycles. The molecule has 4 atom stereocenters. The maximum atomic E-state index is 5.51. The molecule has 4 unspecified atom stereocenters. The van der Waals surface area contributed by atoms with Crippen molar-refractivity contribution in [2.45, 2.75) is 33.5 Å². The van der Waals surface area contributed by atoms with Gasteiger partial charge in [-0.2, -0.15) is 0 Å². The number of halogens is 4. The fourth-order valence-corrected chi connectivity index (χ4v) is 1.34. The van der Waals surface area contributed by atoms with E-state index in [1.807, 2.05) is 13.8 Å². The van der Waals surface area contributed by atoms with E-state index in [2.05, 4.69) is 63.7 Å². The number of hydrogen-bond donors (Lipinski definition) is 0. The summed E-state index contributed by atoms with van der Waals surface area (Å²) >= 11 is 13.6. The Bertz CT molecular complexity index is 94.8. The quantitative estimate of drug-likeness (QED) is 0.628. The lowest BCUT2D eigenvalue weighted by Gasteiger charge is -2.19. The average Bonchev–Trinajstić information content (AvgIpc) is 1.87. The summed E-state index contributed by atoms with van der Waals surface area (Å²) in [6.07, 6.45) is 0. The van der Waals surface area contributed by atoms with E-state index in [0.29, 0.717) is 9.65 Å². The predicted molar refractivity (Wildman–Crippen MR) is 63.3 cm³/mol. The second kappa shape index (κ2) is 6.35. The summed E-state index contributed by atoms with van der Waals surface area (Å²) in [5.74, 6) is 0. The van der Waals surface area contributed by atoms with Gasteiger partial charge in [0.05, 0.1) is 0 Å². The van der Waals surface area contributed by atoms with Gasteiger partial charge < -0.3 is 4.74 Å². The van der Waals surface area contributed by atoms with Gasteiger partial charge in [-0.25, -0.2) is 0 Å². The largest absolute Gasteiger partial charge is 0.350 e. The minimum Gasteiger partial charge on any atom is -0.350 e. The normalized spacial score (nSPS) is 22.4. The molecule has 0 spiro atoms. The van der Waals surface area contributed by atoms with Crippen LogP contribution in [-0.2, 0) is 4.74 Å². The van der Waals surface area contributed by atoms with Crippen molar-refractivity contribution in [3.8, 4) is 0 Å². The Hall–Kier alpha value is 1.88. The summed E-state index contributed by atoms with van der Waals surface area (Å²) in [6.45, 7) is 4.05. The maximum Gasteiger partial charge on any atom is 0.126 e. The van der Waals surface area contributed by atoms with Crippen molar-refractivity contribution < 1.29 is 4.74 Å². The SMILES string of the molecule is CC(Br)C(Br)OC(Br)C(C)Br. The molecule has 68 valence electrons. The Morgan fingerprint density at radius 1 is 0.818 bits per heavy atom. The molecular formula is C6H10Br4O. The molecule has 0 amide bonds. The molecular weight excluding hydrogens is 408 g/mol. The third-order valence-electron chi connectivity index (χ3n) is 0.982. The summed E-state index contributed by atoms with van der Waals surface area (Å²) in [6, 6.07) is 0. The van der Waals surface area contributed by atoms with Crippen LogP contribution >= 0.6 is 63.7 Å². The van der Waals surface area contributed by atoms with Crippen molar-refractivity contribution in [3.63, 3.8) is 0 Å². The van der Waals surface area contributed by atoms with Crippen LogP contribution in [0.15, 0.2) is 0 Å². The minimum atomic E-state index is 0.0341. The lowest BCUT2D eigenvalue weighted by Crippen LogP contribution is -2.23. The molecule has 0 aliphatic rings. The molecule has 0 heterocycles. The van der Waals surface area contributed by atoms with Crippen LogP contribution in [-0.4, -0.2) is 19.7 Å². The molecule has 0 aromatic heterocycles. The van der Waals surface area contributed by atoms with Crippen molar-refractivity contribution >= 4 is 63.7 Å². The third-order valence-corrected chi connectivity index (χ3v) is 5.38. The summed E-state index contributed by atoms with van der Waals surface area (Å²) in [5, 5.41) is 0.0683. The highest BCUT2D eigenvalue weighted by atomic mass is 79.9. The Morgan fingerprint density at radius 2 is 1.09 bits per heavy atom. The molecule has 0 saturated carbocycles. The highest BCUT2D eigenvalue weighted by Gasteiger charge is 2.18. The molecule has 0 N–H and O–H groups in total. The van der Waals surface area contributed by atoms with Gasteiger partial charge in [0.25, 0.3) is 0 Å². The third kappa shape index (κ3) is 6.02. The first-order valence-corrected chi connectivity index (χ1v) is 6.83. The zero-order valence-corrected chi connectivity index (χ0v) is 12.6. The first kappa shape index (κ1) is 12.9. The second-order valence-electron chi connectivity index (χ2n) is 2.19. The molecule has 1 nitrogen and oxygen atoms in total. The van der Waals surface area contributed by atoms with Crippen molar-refractivity contribution in [1.82, 2.24) is 0 Å². The van der Waals surface area contributed by atoms with Crippen molar-refractivity contribution in [3.05, 3.63) is 0 Å². The van der Waals surface area contributed by atoms with E-state index in [-0.39, 0.29) is 10.0 Å². The lowest BCUT2D eigenvalue weighted by atomic mass is 10.5. The fourth-order valence-electron chi connectivity index (χ4n) is 0.341. The van der Waals surface area contributed by atoms with Crippen molar-refractivity contribution in [1.29, 1.82) is 0 Å². The summed E-state index contributed by atoms with van der Waals surface area (Å²) < 4.78 is 5.51. The molecule has 0 rings (SSSR count). The van der Waals surface area contributed by atoms with E-state index < -0.39 is 0 Å². The van der Waals surface area contributed by atoms with Crippen molar-refractivity contribution in [2.24, 2.45) is 0 Å². The van der Waals surface area contributed by atoms with Gasteiger partial charge >= 0.3 is 0 Å². The van der Waals surface area contributed by atoms with Crippen LogP contribution < -0.4 is 0 Å². The zero-order chi connectivity index (χ0) is 9.02. The monoisotopic (exact) mass is 414 g/mol. The standard InChI is InChI=1S/C6H10Br4O/c1-3(7)5(9)11-6(10)4(2)8/h3-6H,1-2H3. The maximum absolute atomic E-state index is 5.51. The van der Waals surface area contributed by atoms with Crippen LogP contribution in [0.5, 0.6) is 0 Å². The minimum absolute atomic E-state index is 0.0341. The van der Waals surface area contributed by atoms with E-state index in [9.17, 15) is 0 Å². The first-order chi connectivity index (χ1) is 4.95. The number of ether oxygens (including phenoxy) is 1. The van der Waals surface area contributed by atoms with Gasteiger partial charge in [0.1, 0.15) is 10.0 Å². The molecule has 0 aromatic rings. The van der Waals surface area contributed by atoms with Gasteiger partial charge in [-0.15, -0.1) is 0 Å². The van der Waals surface area contributed by atoms with Crippen LogP contribution in [0.3, 0.4) is 0 Å². The lowest BCUT2D eigenvalue weighted by molar-refractivity contribution is 0.104. The van der Waals surface area contributed by atoms with E-state index in [1.54, 1.807) is 0 Å². The highest BCUT2D eigenvalue weighted by Crippen LogP contribution is 2.23. The topological polar surface area (TPSA) is 9.23 Å². The van der Waals surface area contributed by atoms with Crippen LogP contribution in [0.4, 0.5) is 0 Å². The fraction of sp³-hybridized carbons (Fsp3) is 1.00. The van der Waals surface area contributed by atoms with Crippen molar-refractivity contribution in [2.75, 3.05) is 0 Å².